The van der Waals surface area contributed by atoms with Crippen molar-refractivity contribution in [1.29, 1.82) is 0 Å². The molecule has 0 spiro atoms. The van der Waals surface area contributed by atoms with Gasteiger partial charge in [-0.2, -0.15) is 0 Å². The number of fused-ring (bicyclic) bond motifs is 1. The van der Waals surface area contributed by atoms with E-state index in [-0.39, 0.29) is 5.82 Å². The first-order valence-electron chi connectivity index (χ1n) is 6.50. The number of aromatic nitrogens is 2. The lowest BCUT2D eigenvalue weighted by Crippen LogP contribution is -1.99. The number of halogens is 1. The smallest absolute Gasteiger partial charge is 0.176 e. The quantitative estimate of drug-likeness (QED) is 0.742. The molecule has 7 heteroatoms. The van der Waals surface area contributed by atoms with Crippen LogP contribution in [0.2, 0.25) is 0 Å². The van der Waals surface area contributed by atoms with Crippen molar-refractivity contribution < 1.29 is 12.8 Å². The minimum absolute atomic E-state index is 0.294. The molecule has 0 amide bonds. The van der Waals surface area contributed by atoms with Crippen molar-refractivity contribution in [1.82, 2.24) is 9.97 Å². The summed E-state index contributed by atoms with van der Waals surface area (Å²) in [6, 6.07) is 11.5. The Morgan fingerprint density at radius 3 is 2.68 bits per heavy atom. The number of rotatable bonds is 4. The molecule has 0 bridgehead atoms. The minimum atomic E-state index is -3.28. The number of aromatic amines is 1. The third-order valence-corrected chi connectivity index (χ3v) is 5.49. The summed E-state index contributed by atoms with van der Waals surface area (Å²) >= 11 is 1.35. The van der Waals surface area contributed by atoms with E-state index in [1.54, 1.807) is 36.4 Å². The zero-order valence-electron chi connectivity index (χ0n) is 11.7. The van der Waals surface area contributed by atoms with E-state index in [1.165, 1.54) is 24.1 Å². The molecule has 0 atom stereocenters. The standard InChI is InChI=1S/C15H13FN2O2S2/c1-22(19,20)13-8-3-2-7-12(13)21-9-14-17-11-6-4-5-10(16)15(11)18-14/h2-8H,9H2,1H3,(H,17,18). The van der Waals surface area contributed by atoms with Crippen molar-refractivity contribution in [2.24, 2.45) is 0 Å². The number of thioether (sulfide) groups is 1. The second-order valence-corrected chi connectivity index (χ2v) is 7.83. The van der Waals surface area contributed by atoms with Crippen LogP contribution in [0.15, 0.2) is 52.3 Å². The number of sulfone groups is 1. The summed E-state index contributed by atoms with van der Waals surface area (Å²) in [6.07, 6.45) is 1.18. The molecule has 1 N–H and O–H groups in total. The number of H-pyrrole nitrogens is 1. The van der Waals surface area contributed by atoms with E-state index < -0.39 is 9.84 Å². The molecule has 0 aliphatic carbocycles. The van der Waals surface area contributed by atoms with Crippen molar-refractivity contribution in [2.75, 3.05) is 6.26 Å². The maximum atomic E-state index is 13.6. The molecule has 0 fully saturated rings. The van der Waals surface area contributed by atoms with Crippen LogP contribution in [-0.2, 0) is 15.6 Å². The van der Waals surface area contributed by atoms with Gasteiger partial charge in [-0.25, -0.2) is 17.8 Å². The average molecular weight is 336 g/mol. The zero-order chi connectivity index (χ0) is 15.7. The Kier molecular flexibility index (Phi) is 3.92. The van der Waals surface area contributed by atoms with Crippen LogP contribution in [-0.4, -0.2) is 24.6 Å². The van der Waals surface area contributed by atoms with Crippen molar-refractivity contribution in [3.8, 4) is 0 Å². The lowest BCUT2D eigenvalue weighted by atomic mass is 10.3. The van der Waals surface area contributed by atoms with E-state index in [1.807, 2.05) is 0 Å². The molecule has 4 nitrogen and oxygen atoms in total. The number of hydrogen-bond acceptors (Lipinski definition) is 4. The average Bonchev–Trinajstić information content (AvgIpc) is 2.89. The predicted octanol–water partition coefficient (Wildman–Crippen LogP) is 3.40. The molecule has 3 aromatic rings. The molecule has 0 unspecified atom stereocenters. The van der Waals surface area contributed by atoms with E-state index in [9.17, 15) is 12.8 Å². The summed E-state index contributed by atoms with van der Waals surface area (Å²) in [5.74, 6) is 0.663. The Morgan fingerprint density at radius 2 is 1.95 bits per heavy atom. The lowest BCUT2D eigenvalue weighted by molar-refractivity contribution is 0.600. The normalized spacial score (nSPS) is 11.9. The van der Waals surface area contributed by atoms with Gasteiger partial charge in [0, 0.05) is 11.2 Å². The van der Waals surface area contributed by atoms with Gasteiger partial charge < -0.3 is 4.98 Å². The molecule has 0 saturated heterocycles. The highest BCUT2D eigenvalue weighted by Crippen LogP contribution is 2.29. The minimum Gasteiger partial charge on any atom is -0.341 e. The van der Waals surface area contributed by atoms with Crippen LogP contribution >= 0.6 is 11.8 Å². The molecule has 3 rings (SSSR count). The SMILES string of the molecule is CS(=O)(=O)c1ccccc1SCc1nc2c(F)cccc2[nH]1. The Bertz CT molecular complexity index is 936. The molecule has 22 heavy (non-hydrogen) atoms. The number of para-hydroxylation sites is 1. The van der Waals surface area contributed by atoms with Gasteiger partial charge in [-0.05, 0) is 24.3 Å². The fraction of sp³-hybridized carbons (Fsp3) is 0.133. The number of hydrogen-bond donors (Lipinski definition) is 1. The Morgan fingerprint density at radius 1 is 1.18 bits per heavy atom. The molecule has 114 valence electrons. The predicted molar refractivity (Wildman–Crippen MR) is 85.2 cm³/mol. The molecule has 0 aliphatic heterocycles. The molecule has 2 aromatic carbocycles. The van der Waals surface area contributed by atoms with Gasteiger partial charge in [0.1, 0.15) is 11.3 Å². The molecule has 0 aliphatic rings. The van der Waals surface area contributed by atoms with Crippen LogP contribution in [0.4, 0.5) is 4.39 Å². The molecule has 1 aromatic heterocycles. The Hall–Kier alpha value is -1.86. The van der Waals surface area contributed by atoms with E-state index in [2.05, 4.69) is 9.97 Å². The molecular weight excluding hydrogens is 323 g/mol. The maximum absolute atomic E-state index is 13.6. The van der Waals surface area contributed by atoms with Crippen molar-refractivity contribution in [3.05, 3.63) is 54.1 Å². The fourth-order valence-electron chi connectivity index (χ4n) is 2.14. The highest BCUT2D eigenvalue weighted by molar-refractivity contribution is 7.99. The Labute approximate surface area is 131 Å². The monoisotopic (exact) mass is 336 g/mol. The summed E-state index contributed by atoms with van der Waals surface area (Å²) < 4.78 is 37.1. The van der Waals surface area contributed by atoms with E-state index in [4.69, 9.17) is 0 Å². The van der Waals surface area contributed by atoms with Crippen molar-refractivity contribution >= 4 is 32.6 Å². The van der Waals surface area contributed by atoms with Gasteiger partial charge in [0.2, 0.25) is 0 Å². The topological polar surface area (TPSA) is 62.8 Å². The number of nitrogens with zero attached hydrogens (tertiary/aromatic N) is 1. The highest BCUT2D eigenvalue weighted by Gasteiger charge is 2.14. The van der Waals surface area contributed by atoms with Gasteiger partial charge in [-0.3, -0.25) is 0 Å². The van der Waals surface area contributed by atoms with Gasteiger partial charge in [0.15, 0.2) is 15.7 Å². The first kappa shape index (κ1) is 15.1. The summed E-state index contributed by atoms with van der Waals surface area (Å²) in [7, 11) is -3.28. The van der Waals surface area contributed by atoms with Gasteiger partial charge in [0.25, 0.3) is 0 Å². The van der Waals surface area contributed by atoms with Crippen LogP contribution in [0.25, 0.3) is 11.0 Å². The summed E-state index contributed by atoms with van der Waals surface area (Å²) in [5, 5.41) is 0. The van der Waals surface area contributed by atoms with Gasteiger partial charge in [-0.15, -0.1) is 11.8 Å². The number of nitrogens with one attached hydrogen (secondary N) is 1. The van der Waals surface area contributed by atoms with Crippen LogP contribution in [0.5, 0.6) is 0 Å². The Balaban J connectivity index is 1.87. The number of benzene rings is 2. The summed E-state index contributed by atoms with van der Waals surface area (Å²) in [5.41, 5.74) is 0.932. The molecule has 0 radical (unpaired) electrons. The third kappa shape index (κ3) is 3.00. The molecular formula is C15H13FN2O2S2. The van der Waals surface area contributed by atoms with Crippen LogP contribution in [0.1, 0.15) is 5.82 Å². The van der Waals surface area contributed by atoms with Crippen LogP contribution in [0, 0.1) is 5.82 Å². The second-order valence-electron chi connectivity index (χ2n) is 4.83. The van der Waals surface area contributed by atoms with E-state index >= 15 is 0 Å². The van der Waals surface area contributed by atoms with Gasteiger partial charge in [0.05, 0.1) is 16.2 Å². The second kappa shape index (κ2) is 5.73. The maximum Gasteiger partial charge on any atom is 0.176 e. The molecule has 0 saturated carbocycles. The largest absolute Gasteiger partial charge is 0.341 e. The first-order valence-corrected chi connectivity index (χ1v) is 9.38. The third-order valence-electron chi connectivity index (χ3n) is 3.13. The first-order chi connectivity index (χ1) is 10.4. The summed E-state index contributed by atoms with van der Waals surface area (Å²) in [6.45, 7) is 0. The zero-order valence-corrected chi connectivity index (χ0v) is 13.3. The fourth-order valence-corrected chi connectivity index (χ4v) is 4.34. The van der Waals surface area contributed by atoms with Gasteiger partial charge >= 0.3 is 0 Å². The van der Waals surface area contributed by atoms with E-state index in [0.717, 1.165) is 0 Å². The van der Waals surface area contributed by atoms with Crippen molar-refractivity contribution in [2.45, 2.75) is 15.5 Å². The van der Waals surface area contributed by atoms with Crippen molar-refractivity contribution in [3.63, 3.8) is 0 Å². The van der Waals surface area contributed by atoms with Crippen LogP contribution < -0.4 is 0 Å². The van der Waals surface area contributed by atoms with E-state index in [0.29, 0.717) is 32.4 Å². The number of imidazole rings is 1. The summed E-state index contributed by atoms with van der Waals surface area (Å²) in [4.78, 5) is 8.21. The lowest BCUT2D eigenvalue weighted by Gasteiger charge is -2.06. The molecule has 1 heterocycles. The van der Waals surface area contributed by atoms with Gasteiger partial charge in [-0.1, -0.05) is 18.2 Å². The highest BCUT2D eigenvalue weighted by atomic mass is 32.2. The van der Waals surface area contributed by atoms with Crippen LogP contribution in [0.3, 0.4) is 0 Å².